The molecule has 0 saturated carbocycles. The van der Waals surface area contributed by atoms with Gasteiger partial charge >= 0.3 is 6.18 Å². The summed E-state index contributed by atoms with van der Waals surface area (Å²) < 4.78 is 37.7. The van der Waals surface area contributed by atoms with Gasteiger partial charge in [-0.3, -0.25) is 0 Å². The number of benzene rings is 1. The molecule has 0 amide bonds. The van der Waals surface area contributed by atoms with Crippen LogP contribution in [0.15, 0.2) is 12.1 Å². The molecule has 0 radical (unpaired) electrons. The molecule has 5 heteroatoms. The predicted octanol–water partition coefficient (Wildman–Crippen LogP) is 3.96. The summed E-state index contributed by atoms with van der Waals surface area (Å²) in [6.07, 6.45) is -3.70. The Bertz CT molecular complexity index is 414. The first kappa shape index (κ1) is 11.6. The summed E-state index contributed by atoms with van der Waals surface area (Å²) in [6.45, 7) is 2.74. The van der Waals surface area contributed by atoms with E-state index in [1.165, 1.54) is 6.07 Å². The number of nitrogens with one attached hydrogen (secondary N) is 1. The van der Waals surface area contributed by atoms with Gasteiger partial charge in [-0.2, -0.15) is 13.2 Å². The van der Waals surface area contributed by atoms with E-state index in [0.29, 0.717) is 23.6 Å². The maximum absolute atomic E-state index is 12.6. The monoisotopic (exact) mass is 249 g/mol. The van der Waals surface area contributed by atoms with Crippen molar-refractivity contribution < 1.29 is 13.2 Å². The number of anilines is 1. The Morgan fingerprint density at radius 2 is 2.06 bits per heavy atom. The second kappa shape index (κ2) is 3.84. The lowest BCUT2D eigenvalue weighted by Gasteiger charge is -2.25. The molecule has 0 aromatic heterocycles. The van der Waals surface area contributed by atoms with Gasteiger partial charge in [0.25, 0.3) is 0 Å². The number of alkyl halides is 3. The Hall–Kier alpha value is -0.900. The number of fused-ring (bicyclic) bond motifs is 1. The van der Waals surface area contributed by atoms with E-state index in [2.05, 4.69) is 5.32 Å². The van der Waals surface area contributed by atoms with Crippen LogP contribution in [0.25, 0.3) is 0 Å². The summed E-state index contributed by atoms with van der Waals surface area (Å²) in [5, 5.41) is 3.21. The lowest BCUT2D eigenvalue weighted by atomic mass is 9.94. The highest BCUT2D eigenvalue weighted by Gasteiger charge is 2.32. The lowest BCUT2D eigenvalue weighted by molar-refractivity contribution is -0.137. The summed E-state index contributed by atoms with van der Waals surface area (Å²) in [6, 6.07) is 2.16. The molecular formula is C11H11ClF3N. The van der Waals surface area contributed by atoms with Gasteiger partial charge in [0.1, 0.15) is 0 Å². The fourth-order valence-electron chi connectivity index (χ4n) is 1.91. The van der Waals surface area contributed by atoms with E-state index in [9.17, 15) is 13.2 Å². The van der Waals surface area contributed by atoms with Crippen molar-refractivity contribution >= 4 is 17.3 Å². The Morgan fingerprint density at radius 3 is 2.69 bits per heavy atom. The molecule has 1 unspecified atom stereocenters. The molecule has 1 aliphatic rings. The van der Waals surface area contributed by atoms with Crippen LogP contribution in [0.5, 0.6) is 0 Å². The molecule has 1 aromatic rings. The Labute approximate surface area is 96.6 Å². The molecule has 1 heterocycles. The van der Waals surface area contributed by atoms with Gasteiger partial charge in [0.15, 0.2) is 0 Å². The van der Waals surface area contributed by atoms with Crippen molar-refractivity contribution in [3.63, 3.8) is 0 Å². The highest BCUT2D eigenvalue weighted by Crippen LogP contribution is 2.38. The van der Waals surface area contributed by atoms with Crippen molar-refractivity contribution in [3.8, 4) is 0 Å². The summed E-state index contributed by atoms with van der Waals surface area (Å²) >= 11 is 5.84. The van der Waals surface area contributed by atoms with Gasteiger partial charge in [-0.1, -0.05) is 18.5 Å². The van der Waals surface area contributed by atoms with Crippen LogP contribution in [0.2, 0.25) is 5.02 Å². The zero-order valence-electron chi connectivity index (χ0n) is 8.66. The number of halogens is 4. The molecule has 1 aliphatic heterocycles. The highest BCUT2D eigenvalue weighted by molar-refractivity contribution is 6.33. The van der Waals surface area contributed by atoms with Gasteiger partial charge < -0.3 is 5.32 Å². The molecule has 0 saturated heterocycles. The van der Waals surface area contributed by atoms with Crippen molar-refractivity contribution in [2.75, 3.05) is 11.9 Å². The number of rotatable bonds is 0. The molecule has 1 nitrogen and oxygen atoms in total. The van der Waals surface area contributed by atoms with Crippen LogP contribution in [-0.4, -0.2) is 6.54 Å². The molecule has 88 valence electrons. The number of hydrogen-bond acceptors (Lipinski definition) is 1. The molecule has 0 fully saturated rings. The molecule has 1 aromatic carbocycles. The Morgan fingerprint density at radius 1 is 1.38 bits per heavy atom. The fourth-order valence-corrected chi connectivity index (χ4v) is 2.22. The smallest absolute Gasteiger partial charge is 0.383 e. The van der Waals surface area contributed by atoms with Crippen LogP contribution < -0.4 is 5.32 Å². The largest absolute Gasteiger partial charge is 0.416 e. The molecule has 1 N–H and O–H groups in total. The Balaban J connectivity index is 2.48. The van der Waals surface area contributed by atoms with Crippen LogP contribution in [0.3, 0.4) is 0 Å². The average molecular weight is 250 g/mol. The third-order valence-electron chi connectivity index (χ3n) is 2.69. The number of hydrogen-bond donors (Lipinski definition) is 1. The zero-order chi connectivity index (χ0) is 11.9. The molecule has 1 atom stereocenters. The lowest BCUT2D eigenvalue weighted by Crippen LogP contribution is -2.21. The van der Waals surface area contributed by atoms with E-state index in [1.54, 1.807) is 0 Å². The first-order valence-electron chi connectivity index (χ1n) is 5.01. The topological polar surface area (TPSA) is 12.0 Å². The van der Waals surface area contributed by atoms with Crippen LogP contribution in [-0.2, 0) is 12.6 Å². The standard InChI is InChI=1S/C11H11ClF3N/c1-6-2-7-3-8(11(13,14)15)4-9(12)10(7)16-5-6/h3-4,6,16H,2,5H2,1H3. The second-order valence-corrected chi connectivity index (χ2v) is 4.59. The fraction of sp³-hybridized carbons (Fsp3) is 0.455. The van der Waals surface area contributed by atoms with E-state index >= 15 is 0 Å². The zero-order valence-corrected chi connectivity index (χ0v) is 9.41. The summed E-state index contributed by atoms with van der Waals surface area (Å²) in [7, 11) is 0. The van der Waals surface area contributed by atoms with Gasteiger partial charge in [-0.15, -0.1) is 0 Å². The first-order chi connectivity index (χ1) is 7.38. The molecule has 0 aliphatic carbocycles. The van der Waals surface area contributed by atoms with Crippen molar-refractivity contribution in [1.82, 2.24) is 0 Å². The van der Waals surface area contributed by atoms with Crippen LogP contribution >= 0.6 is 11.6 Å². The SMILES string of the molecule is CC1CNc2c(Cl)cc(C(F)(F)F)cc2C1. The maximum atomic E-state index is 12.6. The van der Waals surface area contributed by atoms with E-state index in [1.807, 2.05) is 6.92 Å². The summed E-state index contributed by atoms with van der Waals surface area (Å²) in [5.74, 6) is 0.326. The van der Waals surface area contributed by atoms with E-state index < -0.39 is 11.7 Å². The third kappa shape index (κ3) is 2.12. The quantitative estimate of drug-likeness (QED) is 0.734. The predicted molar refractivity (Wildman–Crippen MR) is 57.8 cm³/mol. The third-order valence-corrected chi connectivity index (χ3v) is 2.99. The molecule has 16 heavy (non-hydrogen) atoms. The average Bonchev–Trinajstić information content (AvgIpc) is 2.15. The summed E-state index contributed by atoms with van der Waals surface area (Å²) in [4.78, 5) is 0. The molecule has 2 rings (SSSR count). The van der Waals surface area contributed by atoms with Crippen molar-refractivity contribution in [2.45, 2.75) is 19.5 Å². The van der Waals surface area contributed by atoms with Crippen LogP contribution in [0.1, 0.15) is 18.1 Å². The van der Waals surface area contributed by atoms with Gasteiger partial charge in [-0.05, 0) is 30.0 Å². The first-order valence-corrected chi connectivity index (χ1v) is 5.39. The van der Waals surface area contributed by atoms with E-state index in [0.717, 1.165) is 12.6 Å². The summed E-state index contributed by atoms with van der Waals surface area (Å²) in [5.41, 5.74) is 0.624. The van der Waals surface area contributed by atoms with Crippen LogP contribution in [0, 0.1) is 5.92 Å². The highest BCUT2D eigenvalue weighted by atomic mass is 35.5. The minimum absolute atomic E-state index is 0.150. The minimum Gasteiger partial charge on any atom is -0.383 e. The van der Waals surface area contributed by atoms with Crippen molar-refractivity contribution in [3.05, 3.63) is 28.3 Å². The molecule has 0 spiro atoms. The van der Waals surface area contributed by atoms with Crippen molar-refractivity contribution in [1.29, 1.82) is 0 Å². The maximum Gasteiger partial charge on any atom is 0.416 e. The second-order valence-electron chi connectivity index (χ2n) is 4.18. The normalized spacial score (nSPS) is 20.2. The molecular weight excluding hydrogens is 239 g/mol. The van der Waals surface area contributed by atoms with Gasteiger partial charge in [-0.25, -0.2) is 0 Å². The van der Waals surface area contributed by atoms with Crippen LogP contribution in [0.4, 0.5) is 18.9 Å². The van der Waals surface area contributed by atoms with Crippen molar-refractivity contribution in [2.24, 2.45) is 5.92 Å². The van der Waals surface area contributed by atoms with Gasteiger partial charge in [0, 0.05) is 6.54 Å². The Kier molecular flexibility index (Phi) is 2.78. The van der Waals surface area contributed by atoms with Gasteiger partial charge in [0.2, 0.25) is 0 Å². The molecule has 0 bridgehead atoms. The van der Waals surface area contributed by atoms with E-state index in [-0.39, 0.29) is 5.02 Å². The van der Waals surface area contributed by atoms with E-state index in [4.69, 9.17) is 11.6 Å². The van der Waals surface area contributed by atoms with Gasteiger partial charge in [0.05, 0.1) is 16.3 Å². The minimum atomic E-state index is -4.33.